The number of nitrogens with zero attached hydrogens (tertiary/aromatic N) is 3. The summed E-state index contributed by atoms with van der Waals surface area (Å²) in [4.78, 5) is 23.4. The normalized spacial score (nSPS) is 17.1. The van der Waals surface area contributed by atoms with Crippen LogP contribution >= 0.6 is 11.3 Å². The Hall–Kier alpha value is -1.50. The maximum absolute atomic E-state index is 11.2. The van der Waals surface area contributed by atoms with E-state index >= 15 is 0 Å². The molecule has 2 N–H and O–H groups in total. The van der Waals surface area contributed by atoms with Gasteiger partial charge in [0.15, 0.2) is 5.78 Å². The lowest BCUT2D eigenvalue weighted by Gasteiger charge is -2.07. The molecule has 0 bridgehead atoms. The summed E-state index contributed by atoms with van der Waals surface area (Å²) >= 11 is 1.10. The lowest BCUT2D eigenvalue weighted by Crippen LogP contribution is -2.24. The maximum atomic E-state index is 11.2. The van der Waals surface area contributed by atoms with Crippen molar-refractivity contribution in [3.05, 3.63) is 0 Å². The van der Waals surface area contributed by atoms with Gasteiger partial charge in [-0.15, -0.1) is 10.2 Å². The van der Waals surface area contributed by atoms with Crippen LogP contribution in [0.1, 0.15) is 6.42 Å². The van der Waals surface area contributed by atoms with Crippen LogP contribution in [0.4, 0.5) is 10.3 Å². The summed E-state index contributed by atoms with van der Waals surface area (Å²) in [6.45, 7) is 0.0907. The van der Waals surface area contributed by atoms with Crippen molar-refractivity contribution < 1.29 is 9.59 Å². The number of nitrogens with two attached hydrogens (primary N) is 1. The predicted octanol–water partition coefficient (Wildman–Crippen LogP) is -0.574. The molecule has 6 nitrogen and oxygen atoms in total. The fourth-order valence-corrected chi connectivity index (χ4v) is 1.72. The molecule has 0 atom stereocenters. The third kappa shape index (κ3) is 1.37. The highest BCUT2D eigenvalue weighted by Crippen LogP contribution is 2.24. The molecule has 7 heteroatoms. The Morgan fingerprint density at radius 2 is 2.15 bits per heavy atom. The number of amides is 1. The number of carbonyl (C=O) groups excluding carboxylic acids is 2. The van der Waals surface area contributed by atoms with Crippen LogP contribution in [-0.4, -0.2) is 28.4 Å². The minimum absolute atomic E-state index is 0.0422. The fourth-order valence-electron chi connectivity index (χ4n) is 1.09. The Bertz CT molecular complexity index is 374. The van der Waals surface area contributed by atoms with E-state index in [1.807, 2.05) is 0 Å². The van der Waals surface area contributed by atoms with E-state index in [0.29, 0.717) is 10.3 Å². The largest absolute Gasteiger partial charge is 0.374 e. The summed E-state index contributed by atoms with van der Waals surface area (Å²) in [6, 6.07) is 0. The predicted molar refractivity (Wildman–Crippen MR) is 46.3 cm³/mol. The molecule has 1 saturated heterocycles. The molecule has 1 aliphatic rings. The lowest BCUT2D eigenvalue weighted by molar-refractivity contribution is -0.121. The summed E-state index contributed by atoms with van der Waals surface area (Å²) in [5.41, 5.74) is 5.35. The molecular formula is C6H6N4O2S. The Labute approximate surface area is 77.4 Å². The molecular weight excluding hydrogens is 192 g/mol. The topological polar surface area (TPSA) is 89.2 Å². The number of anilines is 2. The molecule has 68 valence electrons. The lowest BCUT2D eigenvalue weighted by atomic mass is 10.3. The van der Waals surface area contributed by atoms with Crippen LogP contribution < -0.4 is 10.6 Å². The second-order valence-corrected chi connectivity index (χ2v) is 3.61. The molecule has 1 fully saturated rings. The van der Waals surface area contributed by atoms with Crippen molar-refractivity contribution in [3.8, 4) is 0 Å². The Balaban J connectivity index is 2.27. The zero-order chi connectivity index (χ0) is 9.42. The van der Waals surface area contributed by atoms with E-state index in [0.717, 1.165) is 11.3 Å². The van der Waals surface area contributed by atoms with Crippen LogP contribution in [-0.2, 0) is 9.59 Å². The molecule has 1 aromatic rings. The van der Waals surface area contributed by atoms with Crippen molar-refractivity contribution in [1.82, 2.24) is 10.2 Å². The number of ketones is 1. The van der Waals surface area contributed by atoms with E-state index in [1.165, 1.54) is 4.90 Å². The first-order chi connectivity index (χ1) is 6.16. The molecule has 1 aromatic heterocycles. The smallest absolute Gasteiger partial charge is 0.236 e. The van der Waals surface area contributed by atoms with Gasteiger partial charge in [-0.3, -0.25) is 14.5 Å². The monoisotopic (exact) mass is 198 g/mol. The third-order valence-corrected chi connectivity index (χ3v) is 2.42. The Kier molecular flexibility index (Phi) is 1.73. The molecule has 0 unspecified atom stereocenters. The summed E-state index contributed by atoms with van der Waals surface area (Å²) in [5, 5.41) is 7.93. The van der Waals surface area contributed by atoms with Gasteiger partial charge in [-0.05, 0) is 0 Å². The maximum Gasteiger partial charge on any atom is 0.236 e. The second-order valence-electron chi connectivity index (χ2n) is 2.62. The van der Waals surface area contributed by atoms with Crippen LogP contribution in [0.25, 0.3) is 0 Å². The van der Waals surface area contributed by atoms with Crippen molar-refractivity contribution in [2.45, 2.75) is 6.42 Å². The number of Topliss-reactive ketones (excluding diaryl/α,β-unsaturated/α-hetero) is 1. The van der Waals surface area contributed by atoms with Gasteiger partial charge in [0.25, 0.3) is 0 Å². The van der Waals surface area contributed by atoms with E-state index in [4.69, 9.17) is 5.73 Å². The van der Waals surface area contributed by atoms with Gasteiger partial charge in [0, 0.05) is 0 Å². The first-order valence-corrected chi connectivity index (χ1v) is 4.39. The van der Waals surface area contributed by atoms with Gasteiger partial charge < -0.3 is 5.73 Å². The molecule has 1 aliphatic heterocycles. The quantitative estimate of drug-likeness (QED) is 0.610. The number of hydrogen-bond donors (Lipinski definition) is 1. The average molecular weight is 198 g/mol. The summed E-state index contributed by atoms with van der Waals surface area (Å²) < 4.78 is 0. The van der Waals surface area contributed by atoms with Gasteiger partial charge in [-0.2, -0.15) is 0 Å². The van der Waals surface area contributed by atoms with Crippen molar-refractivity contribution in [2.24, 2.45) is 0 Å². The first-order valence-electron chi connectivity index (χ1n) is 3.58. The number of hydrogen-bond acceptors (Lipinski definition) is 6. The van der Waals surface area contributed by atoms with Gasteiger partial charge in [0.2, 0.25) is 16.2 Å². The fraction of sp³-hybridized carbons (Fsp3) is 0.333. The number of rotatable bonds is 1. The third-order valence-electron chi connectivity index (χ3n) is 1.64. The van der Waals surface area contributed by atoms with E-state index in [2.05, 4.69) is 10.2 Å². The highest BCUT2D eigenvalue weighted by atomic mass is 32.1. The molecule has 0 aliphatic carbocycles. The van der Waals surface area contributed by atoms with E-state index < -0.39 is 0 Å². The van der Waals surface area contributed by atoms with E-state index in [9.17, 15) is 9.59 Å². The minimum atomic E-state index is -0.235. The number of nitrogen functional groups attached to an aromatic ring is 1. The molecule has 13 heavy (non-hydrogen) atoms. The van der Waals surface area contributed by atoms with Crippen molar-refractivity contribution in [2.75, 3.05) is 17.2 Å². The molecule has 1 amide bonds. The molecule has 0 radical (unpaired) electrons. The number of carbonyl (C=O) groups is 2. The van der Waals surface area contributed by atoms with Gasteiger partial charge in [0.1, 0.15) is 0 Å². The van der Waals surface area contributed by atoms with Crippen molar-refractivity contribution >= 4 is 33.3 Å². The van der Waals surface area contributed by atoms with Crippen LogP contribution in [0.2, 0.25) is 0 Å². The summed E-state index contributed by atoms with van der Waals surface area (Å²) in [7, 11) is 0. The average Bonchev–Trinajstić information content (AvgIpc) is 2.58. The molecule has 0 saturated carbocycles. The molecule has 2 rings (SSSR count). The SMILES string of the molecule is Nc1nnc(N2CC(=O)CC2=O)s1. The highest BCUT2D eigenvalue weighted by molar-refractivity contribution is 7.19. The standard InChI is InChI=1S/C6H6N4O2S/c7-5-8-9-6(13-5)10-2-3(11)1-4(10)12/h1-2H2,(H2,7,8). The second kappa shape index (κ2) is 2.77. The Morgan fingerprint density at radius 1 is 1.38 bits per heavy atom. The van der Waals surface area contributed by atoms with E-state index in [-0.39, 0.29) is 24.7 Å². The van der Waals surface area contributed by atoms with Gasteiger partial charge in [-0.1, -0.05) is 11.3 Å². The molecule has 0 aromatic carbocycles. The van der Waals surface area contributed by atoms with Crippen LogP contribution in [0.3, 0.4) is 0 Å². The molecule has 0 spiro atoms. The Morgan fingerprint density at radius 3 is 2.62 bits per heavy atom. The number of aromatic nitrogens is 2. The minimum Gasteiger partial charge on any atom is -0.374 e. The van der Waals surface area contributed by atoms with Crippen molar-refractivity contribution in [1.29, 1.82) is 0 Å². The summed E-state index contributed by atoms with van der Waals surface area (Å²) in [6.07, 6.45) is -0.0422. The van der Waals surface area contributed by atoms with E-state index in [1.54, 1.807) is 0 Å². The molecule has 2 heterocycles. The zero-order valence-electron chi connectivity index (χ0n) is 6.56. The van der Waals surface area contributed by atoms with Gasteiger partial charge in [-0.25, -0.2) is 0 Å². The highest BCUT2D eigenvalue weighted by Gasteiger charge is 2.30. The first kappa shape index (κ1) is 8.11. The van der Waals surface area contributed by atoms with Crippen molar-refractivity contribution in [3.63, 3.8) is 0 Å². The van der Waals surface area contributed by atoms with Gasteiger partial charge >= 0.3 is 0 Å². The van der Waals surface area contributed by atoms with Crippen LogP contribution in [0.15, 0.2) is 0 Å². The van der Waals surface area contributed by atoms with Crippen LogP contribution in [0.5, 0.6) is 0 Å². The summed E-state index contributed by atoms with van der Waals surface area (Å²) in [5.74, 6) is -0.333. The van der Waals surface area contributed by atoms with Crippen LogP contribution in [0, 0.1) is 0 Å². The van der Waals surface area contributed by atoms with Gasteiger partial charge in [0.05, 0.1) is 13.0 Å². The zero-order valence-corrected chi connectivity index (χ0v) is 7.37.